The monoisotopic (exact) mass is 412 g/mol. The number of pyridine rings is 1. The van der Waals surface area contributed by atoms with Crippen molar-refractivity contribution in [2.45, 2.75) is 50.3 Å². The van der Waals surface area contributed by atoms with E-state index in [-0.39, 0.29) is 5.91 Å². The summed E-state index contributed by atoms with van der Waals surface area (Å²) in [7, 11) is 0. The van der Waals surface area contributed by atoms with Gasteiger partial charge in [0.15, 0.2) is 10.8 Å². The first-order valence-electron chi connectivity index (χ1n) is 9.22. The Labute approximate surface area is 171 Å². The lowest BCUT2D eigenvalue weighted by atomic mass is 10.2. The maximum atomic E-state index is 13.0. The highest BCUT2D eigenvalue weighted by Crippen LogP contribution is 2.32. The molecule has 0 saturated carbocycles. The Hall–Kier alpha value is -2.44. The van der Waals surface area contributed by atoms with E-state index in [1.165, 1.54) is 29.5 Å². The molecular formula is C19H20N6OS2. The molecule has 1 N–H and O–H groups in total. The third-order valence-corrected chi connectivity index (χ3v) is 6.98. The van der Waals surface area contributed by atoms with Crippen LogP contribution in [-0.2, 0) is 13.0 Å². The van der Waals surface area contributed by atoms with E-state index in [0.717, 1.165) is 52.9 Å². The summed E-state index contributed by atoms with van der Waals surface area (Å²) in [4.78, 5) is 26.9. The van der Waals surface area contributed by atoms with Crippen molar-refractivity contribution in [1.82, 2.24) is 19.5 Å². The molecule has 3 aromatic heterocycles. The molecule has 4 rings (SSSR count). The molecule has 1 aliphatic rings. The van der Waals surface area contributed by atoms with Crippen molar-refractivity contribution >= 4 is 45.3 Å². The van der Waals surface area contributed by atoms with E-state index in [2.05, 4.69) is 25.9 Å². The van der Waals surface area contributed by atoms with Crippen LogP contribution >= 0.6 is 23.1 Å². The second-order valence-electron chi connectivity index (χ2n) is 6.77. The number of nitrogens with zero attached hydrogens (tertiary/aromatic N) is 5. The minimum absolute atomic E-state index is 0.227. The second-order valence-corrected chi connectivity index (χ2v) is 9.01. The van der Waals surface area contributed by atoms with Gasteiger partial charge in [0.05, 0.1) is 27.3 Å². The summed E-state index contributed by atoms with van der Waals surface area (Å²) in [6.45, 7) is 4.68. The Morgan fingerprint density at radius 2 is 2.18 bits per heavy atom. The quantitative estimate of drug-likeness (QED) is 0.648. The number of hydrogen-bond acceptors (Lipinski definition) is 7. The predicted molar refractivity (Wildman–Crippen MR) is 111 cm³/mol. The largest absolute Gasteiger partial charge is 0.313 e. The number of anilines is 1. The van der Waals surface area contributed by atoms with Crippen LogP contribution in [0.1, 0.15) is 46.8 Å². The first-order chi connectivity index (χ1) is 13.6. The van der Waals surface area contributed by atoms with Crippen LogP contribution in [0.2, 0.25) is 0 Å². The predicted octanol–water partition coefficient (Wildman–Crippen LogP) is 4.10. The average Bonchev–Trinajstić information content (AvgIpc) is 3.08. The third-order valence-electron chi connectivity index (χ3n) is 4.68. The van der Waals surface area contributed by atoms with Gasteiger partial charge in [-0.2, -0.15) is 5.26 Å². The van der Waals surface area contributed by atoms with Crippen molar-refractivity contribution in [2.75, 3.05) is 11.1 Å². The zero-order valence-corrected chi connectivity index (χ0v) is 17.4. The molecule has 1 aliphatic heterocycles. The van der Waals surface area contributed by atoms with E-state index in [9.17, 15) is 4.79 Å². The smallest absolute Gasteiger partial charge is 0.259 e. The zero-order chi connectivity index (χ0) is 19.7. The van der Waals surface area contributed by atoms with Crippen LogP contribution in [0.5, 0.6) is 0 Å². The Morgan fingerprint density at radius 1 is 1.32 bits per heavy atom. The number of thioether (sulfide) groups is 1. The van der Waals surface area contributed by atoms with Crippen molar-refractivity contribution in [3.8, 4) is 6.07 Å². The second kappa shape index (κ2) is 7.89. The molecule has 0 bridgehead atoms. The summed E-state index contributed by atoms with van der Waals surface area (Å²) in [5.41, 5.74) is 3.60. The number of rotatable bonds is 4. The molecule has 0 atom stereocenters. The molecule has 0 unspecified atom stereocenters. The molecule has 0 fully saturated rings. The number of thiazole rings is 1. The third kappa shape index (κ3) is 3.62. The molecule has 28 heavy (non-hydrogen) atoms. The van der Waals surface area contributed by atoms with E-state index in [1.54, 1.807) is 6.07 Å². The molecule has 3 aromatic rings. The molecule has 0 aromatic carbocycles. The number of aryl methyl sites for hydroxylation is 4. The number of nitrogens with one attached hydrogen (secondary N) is 1. The molecule has 0 aliphatic carbocycles. The molecule has 9 heteroatoms. The van der Waals surface area contributed by atoms with Crippen LogP contribution in [0.3, 0.4) is 0 Å². The van der Waals surface area contributed by atoms with E-state index >= 15 is 0 Å². The summed E-state index contributed by atoms with van der Waals surface area (Å²) in [5, 5.41) is 12.2. The molecule has 1 amide bonds. The highest BCUT2D eigenvalue weighted by atomic mass is 32.2. The van der Waals surface area contributed by atoms with Crippen LogP contribution in [0.4, 0.5) is 5.13 Å². The number of hydrogen-bond donors (Lipinski definition) is 1. The topological polar surface area (TPSA) is 96.5 Å². The van der Waals surface area contributed by atoms with Crippen LogP contribution in [0.15, 0.2) is 10.3 Å². The van der Waals surface area contributed by atoms with Crippen molar-refractivity contribution in [3.05, 3.63) is 28.8 Å². The number of nitriles is 1. The highest BCUT2D eigenvalue weighted by Gasteiger charge is 2.21. The minimum atomic E-state index is -0.227. The van der Waals surface area contributed by atoms with Gasteiger partial charge in [-0.3, -0.25) is 10.1 Å². The molecule has 0 radical (unpaired) electrons. The van der Waals surface area contributed by atoms with Gasteiger partial charge in [-0.1, -0.05) is 29.5 Å². The fourth-order valence-electron chi connectivity index (χ4n) is 3.42. The first-order valence-corrected chi connectivity index (χ1v) is 11.0. The fourth-order valence-corrected chi connectivity index (χ4v) is 5.22. The van der Waals surface area contributed by atoms with Crippen molar-refractivity contribution in [1.29, 1.82) is 5.26 Å². The van der Waals surface area contributed by atoms with E-state index < -0.39 is 0 Å². The normalized spacial score (nSPS) is 13.8. The van der Waals surface area contributed by atoms with Gasteiger partial charge in [-0.05, 0) is 32.8 Å². The standard InChI is InChI=1S/C19H20N6OS2/c1-11-10-13(15-16(21-11)25-8-5-3-4-6-14(25)23-15)17(26)24-19-22-12(2)18(28-19)27-9-7-20/h10H,3-6,8-9H2,1-2H3,(H,22,24,26). The number of imidazole rings is 1. The summed E-state index contributed by atoms with van der Waals surface area (Å²) >= 11 is 2.82. The van der Waals surface area contributed by atoms with Crippen LogP contribution in [0.25, 0.3) is 11.2 Å². The Morgan fingerprint density at radius 3 is 3.00 bits per heavy atom. The number of amides is 1. The van der Waals surface area contributed by atoms with Gasteiger partial charge in [0, 0.05) is 18.7 Å². The lowest BCUT2D eigenvalue weighted by molar-refractivity contribution is 0.102. The Bertz CT molecular complexity index is 1090. The summed E-state index contributed by atoms with van der Waals surface area (Å²) < 4.78 is 3.11. The van der Waals surface area contributed by atoms with Gasteiger partial charge in [-0.25, -0.2) is 15.0 Å². The van der Waals surface area contributed by atoms with Gasteiger partial charge in [0.2, 0.25) is 0 Å². The van der Waals surface area contributed by atoms with E-state index in [4.69, 9.17) is 10.2 Å². The van der Waals surface area contributed by atoms with E-state index in [1.807, 2.05) is 13.8 Å². The van der Waals surface area contributed by atoms with Gasteiger partial charge in [-0.15, -0.1) is 0 Å². The molecule has 0 spiro atoms. The van der Waals surface area contributed by atoms with Gasteiger partial charge < -0.3 is 4.57 Å². The lowest BCUT2D eigenvalue weighted by Gasteiger charge is -2.06. The van der Waals surface area contributed by atoms with Gasteiger partial charge in [0.25, 0.3) is 5.91 Å². The number of fused-ring (bicyclic) bond motifs is 3. The lowest BCUT2D eigenvalue weighted by Crippen LogP contribution is -2.13. The maximum Gasteiger partial charge on any atom is 0.259 e. The summed E-state index contributed by atoms with van der Waals surface area (Å²) in [6.07, 6.45) is 4.34. The summed E-state index contributed by atoms with van der Waals surface area (Å²) in [6, 6.07) is 3.90. The number of carbonyl (C=O) groups excluding carboxylic acids is 1. The fraction of sp³-hybridized carbons (Fsp3) is 0.421. The number of aromatic nitrogens is 4. The number of carbonyl (C=O) groups is 1. The van der Waals surface area contributed by atoms with Crippen molar-refractivity contribution < 1.29 is 4.79 Å². The Kier molecular flexibility index (Phi) is 5.33. The first kappa shape index (κ1) is 18.9. The molecule has 4 heterocycles. The highest BCUT2D eigenvalue weighted by molar-refractivity contribution is 8.01. The van der Waals surface area contributed by atoms with E-state index in [0.29, 0.717) is 22.0 Å². The van der Waals surface area contributed by atoms with Gasteiger partial charge >= 0.3 is 0 Å². The SMILES string of the molecule is Cc1cc(C(=O)Nc2nc(C)c(SCC#N)s2)c2nc3n(c2n1)CCCCC3. The molecule has 7 nitrogen and oxygen atoms in total. The minimum Gasteiger partial charge on any atom is -0.313 e. The average molecular weight is 413 g/mol. The molecular weight excluding hydrogens is 392 g/mol. The zero-order valence-electron chi connectivity index (χ0n) is 15.8. The van der Waals surface area contributed by atoms with Crippen molar-refractivity contribution in [3.63, 3.8) is 0 Å². The van der Waals surface area contributed by atoms with Gasteiger partial charge in [0.1, 0.15) is 11.3 Å². The molecule has 144 valence electrons. The summed E-state index contributed by atoms with van der Waals surface area (Å²) in [5.74, 6) is 1.15. The maximum absolute atomic E-state index is 13.0. The Balaban J connectivity index is 1.67. The van der Waals surface area contributed by atoms with Crippen molar-refractivity contribution in [2.24, 2.45) is 0 Å². The van der Waals surface area contributed by atoms with Crippen LogP contribution in [-0.4, -0.2) is 31.2 Å². The van der Waals surface area contributed by atoms with Crippen LogP contribution in [0, 0.1) is 25.2 Å². The molecule has 0 saturated heterocycles. The van der Waals surface area contributed by atoms with Crippen LogP contribution < -0.4 is 5.32 Å².